The number of likely N-dealkylation sites (tertiary alicyclic amines) is 2. The van der Waals surface area contributed by atoms with Crippen molar-refractivity contribution in [3.8, 4) is 0 Å². The van der Waals surface area contributed by atoms with Crippen LogP contribution in [0.15, 0.2) is 0 Å². The molecule has 0 bridgehead atoms. The van der Waals surface area contributed by atoms with Gasteiger partial charge in [-0.15, -0.1) is 0 Å². The van der Waals surface area contributed by atoms with Gasteiger partial charge in [0.1, 0.15) is 0 Å². The first-order valence-corrected chi connectivity index (χ1v) is 8.76. The quantitative estimate of drug-likeness (QED) is 0.870. The summed E-state index contributed by atoms with van der Waals surface area (Å²) in [5, 5.41) is 3.18. The Morgan fingerprint density at radius 3 is 2.18 bits per heavy atom. The molecule has 0 radical (unpaired) electrons. The molecule has 2 rings (SSSR count). The minimum Gasteiger partial charge on any atom is -0.342 e. The second-order valence-corrected chi connectivity index (χ2v) is 7.35. The van der Waals surface area contributed by atoms with Crippen LogP contribution in [-0.2, 0) is 4.79 Å². The van der Waals surface area contributed by atoms with Crippen LogP contribution in [0.25, 0.3) is 0 Å². The van der Waals surface area contributed by atoms with E-state index in [2.05, 4.69) is 19.2 Å². The standard InChI is InChI=1S/C17H31N3O2/c1-12(2)15-6-5-9-20(15)17(22)18-14-7-10-19(11-8-14)16(21)13(3)4/h12-15H,5-11H2,1-4H3,(H,18,22). The first kappa shape index (κ1) is 17.1. The molecule has 3 amide bonds. The zero-order valence-electron chi connectivity index (χ0n) is 14.5. The van der Waals surface area contributed by atoms with Crippen LogP contribution in [-0.4, -0.2) is 53.5 Å². The first-order valence-electron chi connectivity index (χ1n) is 8.76. The van der Waals surface area contributed by atoms with Crippen molar-refractivity contribution in [1.82, 2.24) is 15.1 Å². The summed E-state index contributed by atoms with van der Waals surface area (Å²) in [6.45, 7) is 10.6. The Balaban J connectivity index is 1.81. The summed E-state index contributed by atoms with van der Waals surface area (Å²) in [6.07, 6.45) is 3.96. The van der Waals surface area contributed by atoms with Crippen molar-refractivity contribution >= 4 is 11.9 Å². The molecule has 2 fully saturated rings. The number of hydrogen-bond donors (Lipinski definition) is 1. The molecule has 126 valence electrons. The van der Waals surface area contributed by atoms with Gasteiger partial charge in [-0.2, -0.15) is 0 Å². The third-order valence-electron chi connectivity index (χ3n) is 4.96. The number of amides is 3. The number of piperidine rings is 1. The second-order valence-electron chi connectivity index (χ2n) is 7.35. The van der Waals surface area contributed by atoms with Gasteiger partial charge < -0.3 is 15.1 Å². The van der Waals surface area contributed by atoms with Crippen LogP contribution in [0, 0.1) is 11.8 Å². The van der Waals surface area contributed by atoms with Gasteiger partial charge in [-0.1, -0.05) is 27.7 Å². The number of nitrogens with one attached hydrogen (secondary N) is 1. The summed E-state index contributed by atoms with van der Waals surface area (Å²) in [7, 11) is 0. The monoisotopic (exact) mass is 309 g/mol. The first-order chi connectivity index (χ1) is 10.4. The van der Waals surface area contributed by atoms with E-state index in [1.807, 2.05) is 23.6 Å². The Labute approximate surface area is 134 Å². The maximum absolute atomic E-state index is 12.5. The van der Waals surface area contributed by atoms with Crippen LogP contribution in [0.3, 0.4) is 0 Å². The topological polar surface area (TPSA) is 52.7 Å². The van der Waals surface area contributed by atoms with E-state index >= 15 is 0 Å². The third kappa shape index (κ3) is 3.93. The number of carbonyl (C=O) groups is 2. The lowest BCUT2D eigenvalue weighted by Crippen LogP contribution is -2.52. The van der Waals surface area contributed by atoms with Crippen molar-refractivity contribution < 1.29 is 9.59 Å². The maximum Gasteiger partial charge on any atom is 0.317 e. The van der Waals surface area contributed by atoms with E-state index in [1.54, 1.807) is 0 Å². The van der Waals surface area contributed by atoms with Crippen molar-refractivity contribution in [2.24, 2.45) is 11.8 Å². The molecular formula is C17H31N3O2. The van der Waals surface area contributed by atoms with Crippen molar-refractivity contribution in [3.63, 3.8) is 0 Å². The van der Waals surface area contributed by atoms with E-state index in [1.165, 1.54) is 0 Å². The molecule has 0 aliphatic carbocycles. The van der Waals surface area contributed by atoms with Gasteiger partial charge in [0.25, 0.3) is 0 Å². The molecule has 5 nitrogen and oxygen atoms in total. The normalized spacial score (nSPS) is 23.5. The fraction of sp³-hybridized carbons (Fsp3) is 0.882. The molecule has 5 heteroatoms. The zero-order chi connectivity index (χ0) is 16.3. The second kappa shape index (κ2) is 7.34. The van der Waals surface area contributed by atoms with E-state index in [0.717, 1.165) is 45.3 Å². The molecule has 1 atom stereocenters. The van der Waals surface area contributed by atoms with Gasteiger partial charge in [0.15, 0.2) is 0 Å². The van der Waals surface area contributed by atoms with Crippen molar-refractivity contribution in [1.29, 1.82) is 0 Å². The van der Waals surface area contributed by atoms with Gasteiger partial charge in [0.2, 0.25) is 5.91 Å². The van der Waals surface area contributed by atoms with Gasteiger partial charge in [0.05, 0.1) is 0 Å². The number of hydrogen-bond acceptors (Lipinski definition) is 2. The van der Waals surface area contributed by atoms with Gasteiger partial charge in [-0.25, -0.2) is 4.79 Å². The minimum atomic E-state index is 0.0579. The van der Waals surface area contributed by atoms with Crippen LogP contribution in [0.4, 0.5) is 4.79 Å². The fourth-order valence-electron chi connectivity index (χ4n) is 3.60. The van der Waals surface area contributed by atoms with Crippen molar-refractivity contribution in [3.05, 3.63) is 0 Å². The number of rotatable bonds is 3. The molecule has 0 aromatic rings. The molecule has 1 N–H and O–H groups in total. The summed E-state index contributed by atoms with van der Waals surface area (Å²) in [6, 6.07) is 0.671. The lowest BCUT2D eigenvalue weighted by atomic mass is 10.0. The molecule has 0 aromatic carbocycles. The van der Waals surface area contributed by atoms with E-state index < -0.39 is 0 Å². The van der Waals surface area contributed by atoms with Crippen molar-refractivity contribution in [2.75, 3.05) is 19.6 Å². The zero-order valence-corrected chi connectivity index (χ0v) is 14.5. The van der Waals surface area contributed by atoms with Gasteiger partial charge in [0, 0.05) is 37.6 Å². The highest BCUT2D eigenvalue weighted by Gasteiger charge is 2.32. The Kier molecular flexibility index (Phi) is 5.70. The smallest absolute Gasteiger partial charge is 0.317 e. The van der Waals surface area contributed by atoms with Crippen molar-refractivity contribution in [2.45, 2.75) is 65.5 Å². The molecule has 0 saturated carbocycles. The number of urea groups is 1. The average Bonchev–Trinajstić information content (AvgIpc) is 2.97. The van der Waals surface area contributed by atoms with Crippen LogP contribution < -0.4 is 5.32 Å². The molecule has 1 unspecified atom stereocenters. The summed E-state index contributed by atoms with van der Waals surface area (Å²) in [5.41, 5.74) is 0. The summed E-state index contributed by atoms with van der Waals surface area (Å²) in [5.74, 6) is 0.797. The highest BCUT2D eigenvalue weighted by molar-refractivity contribution is 5.78. The molecule has 22 heavy (non-hydrogen) atoms. The number of carbonyl (C=O) groups excluding carboxylic acids is 2. The Morgan fingerprint density at radius 2 is 1.64 bits per heavy atom. The Morgan fingerprint density at radius 1 is 1.00 bits per heavy atom. The predicted molar refractivity (Wildman–Crippen MR) is 87.5 cm³/mol. The minimum absolute atomic E-state index is 0.0579. The number of nitrogens with zero attached hydrogens (tertiary/aromatic N) is 2. The van der Waals surface area contributed by atoms with E-state index in [0.29, 0.717) is 12.0 Å². The Bertz CT molecular complexity index is 401. The van der Waals surface area contributed by atoms with Crippen LogP contribution in [0.1, 0.15) is 53.4 Å². The van der Waals surface area contributed by atoms with Gasteiger partial charge in [-0.05, 0) is 31.6 Å². The summed E-state index contributed by atoms with van der Waals surface area (Å²) < 4.78 is 0. The highest BCUT2D eigenvalue weighted by atomic mass is 16.2. The predicted octanol–water partition coefficient (Wildman–Crippen LogP) is 2.46. The summed E-state index contributed by atoms with van der Waals surface area (Å²) >= 11 is 0. The molecule has 0 aromatic heterocycles. The van der Waals surface area contributed by atoms with Crippen LogP contribution >= 0.6 is 0 Å². The average molecular weight is 309 g/mol. The van der Waals surface area contributed by atoms with E-state index in [9.17, 15) is 9.59 Å². The fourth-order valence-corrected chi connectivity index (χ4v) is 3.60. The molecular weight excluding hydrogens is 278 g/mol. The van der Waals surface area contributed by atoms with E-state index in [-0.39, 0.29) is 23.9 Å². The van der Waals surface area contributed by atoms with Gasteiger partial charge >= 0.3 is 6.03 Å². The van der Waals surface area contributed by atoms with Gasteiger partial charge in [-0.3, -0.25) is 4.79 Å². The van der Waals surface area contributed by atoms with Crippen LogP contribution in [0.5, 0.6) is 0 Å². The molecule has 2 heterocycles. The molecule has 2 aliphatic rings. The highest BCUT2D eigenvalue weighted by Crippen LogP contribution is 2.24. The maximum atomic E-state index is 12.5. The SMILES string of the molecule is CC(C)C(=O)N1CCC(NC(=O)N2CCCC2C(C)C)CC1. The van der Waals surface area contributed by atoms with E-state index in [4.69, 9.17) is 0 Å². The molecule has 2 saturated heterocycles. The summed E-state index contributed by atoms with van der Waals surface area (Å²) in [4.78, 5) is 28.4. The van der Waals surface area contributed by atoms with Crippen LogP contribution in [0.2, 0.25) is 0 Å². The lowest BCUT2D eigenvalue weighted by Gasteiger charge is -2.35. The lowest BCUT2D eigenvalue weighted by molar-refractivity contribution is -0.135. The Hall–Kier alpha value is -1.26. The molecule has 0 spiro atoms. The largest absolute Gasteiger partial charge is 0.342 e. The third-order valence-corrected chi connectivity index (χ3v) is 4.96. The molecule has 2 aliphatic heterocycles.